The highest BCUT2D eigenvalue weighted by molar-refractivity contribution is 5.17. The average molecular weight is 208 g/mol. The Hall–Kier alpha value is -0.860. The molecule has 0 heterocycles. The lowest BCUT2D eigenvalue weighted by atomic mass is 9.85. The molecule has 2 heteroatoms. The van der Waals surface area contributed by atoms with Crippen LogP contribution in [0.5, 0.6) is 0 Å². The van der Waals surface area contributed by atoms with Crippen molar-refractivity contribution < 1.29 is 10.2 Å². The Morgan fingerprint density at radius 2 is 1.60 bits per heavy atom. The highest BCUT2D eigenvalue weighted by Crippen LogP contribution is 2.27. The summed E-state index contributed by atoms with van der Waals surface area (Å²) in [5.74, 6) is 0. The van der Waals surface area contributed by atoms with Crippen LogP contribution in [0.4, 0.5) is 0 Å². The zero-order valence-corrected chi connectivity index (χ0v) is 9.64. The lowest BCUT2D eigenvalue weighted by Crippen LogP contribution is -2.27. The Bertz CT molecular complexity index is 287. The van der Waals surface area contributed by atoms with Crippen LogP contribution >= 0.6 is 0 Å². The first kappa shape index (κ1) is 12.2. The highest BCUT2D eigenvalue weighted by Gasteiger charge is 2.25. The summed E-state index contributed by atoms with van der Waals surface area (Å²) < 4.78 is 0. The fourth-order valence-electron chi connectivity index (χ4n) is 1.38. The number of aliphatic hydroxyl groups is 2. The van der Waals surface area contributed by atoms with Gasteiger partial charge < -0.3 is 10.2 Å². The van der Waals surface area contributed by atoms with E-state index >= 15 is 0 Å². The number of aliphatic hydroxyl groups excluding tert-OH is 2. The molecule has 2 N–H and O–H groups in total. The molecule has 0 saturated heterocycles. The van der Waals surface area contributed by atoms with Crippen molar-refractivity contribution in [1.29, 1.82) is 0 Å². The van der Waals surface area contributed by atoms with Crippen LogP contribution in [0.3, 0.4) is 0 Å². The van der Waals surface area contributed by atoms with Crippen LogP contribution in [-0.2, 0) is 0 Å². The fraction of sp³-hybridized carbons (Fsp3) is 0.538. The summed E-state index contributed by atoms with van der Waals surface area (Å²) in [7, 11) is 0. The number of rotatable bonds is 3. The minimum atomic E-state index is -0.583. The van der Waals surface area contributed by atoms with Gasteiger partial charge in [0.05, 0.1) is 12.2 Å². The molecule has 84 valence electrons. The molecule has 0 aliphatic rings. The molecule has 1 unspecified atom stereocenters. The third kappa shape index (κ3) is 3.65. The first-order chi connectivity index (χ1) is 6.91. The second kappa shape index (κ2) is 4.77. The van der Waals surface area contributed by atoms with Gasteiger partial charge in [-0.1, -0.05) is 51.1 Å². The van der Waals surface area contributed by atoms with Crippen LogP contribution in [0.15, 0.2) is 30.3 Å². The number of benzene rings is 1. The zero-order valence-electron chi connectivity index (χ0n) is 9.64. The SMILES string of the molecule is CC(C)(C)C(O)C[C@H](O)c1ccccc1. The van der Waals surface area contributed by atoms with Crippen molar-refractivity contribution in [3.8, 4) is 0 Å². The van der Waals surface area contributed by atoms with Gasteiger partial charge in [0.25, 0.3) is 0 Å². The van der Waals surface area contributed by atoms with Gasteiger partial charge in [-0.3, -0.25) is 0 Å². The quantitative estimate of drug-likeness (QED) is 0.801. The van der Waals surface area contributed by atoms with E-state index in [0.29, 0.717) is 6.42 Å². The Labute approximate surface area is 91.6 Å². The van der Waals surface area contributed by atoms with Crippen molar-refractivity contribution in [3.63, 3.8) is 0 Å². The number of hydrogen-bond donors (Lipinski definition) is 2. The summed E-state index contributed by atoms with van der Waals surface area (Å²) in [5.41, 5.74) is 0.677. The van der Waals surface area contributed by atoms with Crippen molar-refractivity contribution in [2.45, 2.75) is 39.4 Å². The van der Waals surface area contributed by atoms with E-state index in [0.717, 1.165) is 5.56 Å². The molecule has 2 atom stereocenters. The molecule has 0 saturated carbocycles. The van der Waals surface area contributed by atoms with E-state index in [1.54, 1.807) is 0 Å². The van der Waals surface area contributed by atoms with Gasteiger partial charge in [-0.05, 0) is 11.0 Å². The van der Waals surface area contributed by atoms with Gasteiger partial charge in [-0.2, -0.15) is 0 Å². The molecule has 0 bridgehead atoms. The van der Waals surface area contributed by atoms with Crippen molar-refractivity contribution >= 4 is 0 Å². The molecule has 0 amide bonds. The van der Waals surface area contributed by atoms with Crippen LogP contribution in [0.25, 0.3) is 0 Å². The highest BCUT2D eigenvalue weighted by atomic mass is 16.3. The largest absolute Gasteiger partial charge is 0.392 e. The molecule has 0 aliphatic carbocycles. The van der Waals surface area contributed by atoms with E-state index in [2.05, 4.69) is 0 Å². The lowest BCUT2D eigenvalue weighted by Gasteiger charge is -2.27. The molecule has 1 aromatic carbocycles. The van der Waals surface area contributed by atoms with Gasteiger partial charge in [-0.15, -0.1) is 0 Å². The van der Waals surface area contributed by atoms with E-state index in [9.17, 15) is 10.2 Å². The van der Waals surface area contributed by atoms with Crippen molar-refractivity contribution in [2.24, 2.45) is 5.41 Å². The summed E-state index contributed by atoms with van der Waals surface area (Å²) in [6.07, 6.45) is -0.693. The normalized spacial score (nSPS) is 16.1. The standard InChI is InChI=1S/C13H20O2/c1-13(2,3)12(15)9-11(14)10-7-5-4-6-8-10/h4-8,11-12,14-15H,9H2,1-3H3/t11-,12?/m0/s1. The van der Waals surface area contributed by atoms with E-state index in [1.165, 1.54) is 0 Å². The van der Waals surface area contributed by atoms with Crippen molar-refractivity contribution in [1.82, 2.24) is 0 Å². The van der Waals surface area contributed by atoms with Crippen LogP contribution in [0, 0.1) is 5.41 Å². The lowest BCUT2D eigenvalue weighted by molar-refractivity contribution is 0.0130. The number of hydrogen-bond acceptors (Lipinski definition) is 2. The first-order valence-corrected chi connectivity index (χ1v) is 5.32. The summed E-state index contributed by atoms with van der Waals surface area (Å²) in [5, 5.41) is 19.8. The molecule has 0 spiro atoms. The van der Waals surface area contributed by atoms with Gasteiger partial charge >= 0.3 is 0 Å². The van der Waals surface area contributed by atoms with E-state index in [-0.39, 0.29) is 5.41 Å². The first-order valence-electron chi connectivity index (χ1n) is 5.32. The van der Waals surface area contributed by atoms with Gasteiger partial charge in [0.1, 0.15) is 0 Å². The second-order valence-corrected chi connectivity index (χ2v) is 5.04. The second-order valence-electron chi connectivity index (χ2n) is 5.04. The predicted molar refractivity (Wildman–Crippen MR) is 61.5 cm³/mol. The smallest absolute Gasteiger partial charge is 0.0814 e. The van der Waals surface area contributed by atoms with Crippen LogP contribution < -0.4 is 0 Å². The molecule has 0 radical (unpaired) electrons. The van der Waals surface area contributed by atoms with Gasteiger partial charge in [0.15, 0.2) is 0 Å². The van der Waals surface area contributed by atoms with Crippen molar-refractivity contribution in [3.05, 3.63) is 35.9 Å². The van der Waals surface area contributed by atoms with E-state index in [1.807, 2.05) is 51.1 Å². The summed E-state index contributed by atoms with van der Waals surface area (Å²) in [6, 6.07) is 9.44. The Kier molecular flexibility index (Phi) is 3.89. The summed E-state index contributed by atoms with van der Waals surface area (Å²) in [4.78, 5) is 0. The Morgan fingerprint density at radius 1 is 1.07 bits per heavy atom. The minimum Gasteiger partial charge on any atom is -0.392 e. The van der Waals surface area contributed by atoms with E-state index in [4.69, 9.17) is 0 Å². The van der Waals surface area contributed by atoms with Crippen LogP contribution in [0.1, 0.15) is 38.9 Å². The Morgan fingerprint density at radius 3 is 2.07 bits per heavy atom. The summed E-state index contributed by atoms with van der Waals surface area (Å²) in [6.45, 7) is 5.90. The third-order valence-electron chi connectivity index (χ3n) is 2.63. The predicted octanol–water partition coefficient (Wildman–Crippen LogP) is 2.52. The third-order valence-corrected chi connectivity index (χ3v) is 2.63. The Balaban J connectivity index is 2.61. The fourth-order valence-corrected chi connectivity index (χ4v) is 1.38. The molecule has 0 aromatic heterocycles. The molecule has 2 nitrogen and oxygen atoms in total. The maximum absolute atomic E-state index is 9.89. The topological polar surface area (TPSA) is 40.5 Å². The monoisotopic (exact) mass is 208 g/mol. The maximum atomic E-state index is 9.89. The average Bonchev–Trinajstić information content (AvgIpc) is 2.17. The van der Waals surface area contributed by atoms with Crippen molar-refractivity contribution in [2.75, 3.05) is 0 Å². The molecule has 15 heavy (non-hydrogen) atoms. The zero-order chi connectivity index (χ0) is 11.5. The molecule has 1 aromatic rings. The van der Waals surface area contributed by atoms with Gasteiger partial charge in [0, 0.05) is 6.42 Å². The molecule has 0 fully saturated rings. The molecular weight excluding hydrogens is 188 g/mol. The van der Waals surface area contributed by atoms with Gasteiger partial charge in [-0.25, -0.2) is 0 Å². The minimum absolute atomic E-state index is 0.185. The van der Waals surface area contributed by atoms with E-state index < -0.39 is 12.2 Å². The molecular formula is C13H20O2. The van der Waals surface area contributed by atoms with Crippen LogP contribution in [-0.4, -0.2) is 16.3 Å². The van der Waals surface area contributed by atoms with Gasteiger partial charge in [0.2, 0.25) is 0 Å². The summed E-state index contributed by atoms with van der Waals surface area (Å²) >= 11 is 0. The molecule has 0 aliphatic heterocycles. The molecule has 1 rings (SSSR count). The van der Waals surface area contributed by atoms with Crippen LogP contribution in [0.2, 0.25) is 0 Å². The maximum Gasteiger partial charge on any atom is 0.0814 e.